The number of amides is 1. The average Bonchev–Trinajstić information content (AvgIpc) is 2.76. The van der Waals surface area contributed by atoms with E-state index < -0.39 is 15.0 Å². The van der Waals surface area contributed by atoms with Crippen LogP contribution in [-0.2, 0) is 18.6 Å². The van der Waals surface area contributed by atoms with Gasteiger partial charge in [-0.05, 0) is 18.2 Å². The summed E-state index contributed by atoms with van der Waals surface area (Å²) in [7, 11) is 2.81. The highest BCUT2D eigenvalue weighted by Gasteiger charge is 2.33. The first kappa shape index (κ1) is 17.1. The third kappa shape index (κ3) is 3.91. The fourth-order valence-corrected chi connectivity index (χ4v) is 3.94. The Morgan fingerprint density at radius 1 is 1.45 bits per heavy atom. The zero-order valence-electron chi connectivity index (χ0n) is 11.6. The standard InChI is InChI=1S/C13H13Cl2NO5S/c1-21-13(18)10-3-2-9(5-11(10)14)16-6-8(4-12(16)17)7-22(15,19)20/h2-3,5,8H,4,6-7H2,1H3. The van der Waals surface area contributed by atoms with Gasteiger partial charge in [0, 0.05) is 35.3 Å². The van der Waals surface area contributed by atoms with Gasteiger partial charge in [0.25, 0.3) is 0 Å². The maximum Gasteiger partial charge on any atom is 0.339 e. The summed E-state index contributed by atoms with van der Waals surface area (Å²) in [6.07, 6.45) is 0.0995. The van der Waals surface area contributed by atoms with E-state index in [4.69, 9.17) is 22.3 Å². The van der Waals surface area contributed by atoms with Crippen molar-refractivity contribution in [2.45, 2.75) is 6.42 Å². The largest absolute Gasteiger partial charge is 0.465 e. The van der Waals surface area contributed by atoms with Crippen molar-refractivity contribution < 1.29 is 22.7 Å². The van der Waals surface area contributed by atoms with E-state index >= 15 is 0 Å². The van der Waals surface area contributed by atoms with E-state index in [2.05, 4.69) is 4.74 Å². The van der Waals surface area contributed by atoms with Crippen LogP contribution in [0.3, 0.4) is 0 Å². The predicted molar refractivity (Wildman–Crippen MR) is 82.9 cm³/mol. The van der Waals surface area contributed by atoms with Crippen molar-refractivity contribution in [1.82, 2.24) is 0 Å². The van der Waals surface area contributed by atoms with Gasteiger partial charge in [-0.15, -0.1) is 0 Å². The number of carbonyl (C=O) groups excluding carboxylic acids is 2. The first-order valence-electron chi connectivity index (χ1n) is 6.32. The Morgan fingerprint density at radius 3 is 2.68 bits per heavy atom. The normalized spacial score (nSPS) is 18.6. The van der Waals surface area contributed by atoms with E-state index in [1.807, 2.05) is 0 Å². The van der Waals surface area contributed by atoms with Crippen molar-refractivity contribution in [2.24, 2.45) is 5.92 Å². The summed E-state index contributed by atoms with van der Waals surface area (Å²) in [5.41, 5.74) is 0.691. The Bertz CT molecular complexity index is 719. The molecule has 1 unspecified atom stereocenters. The van der Waals surface area contributed by atoms with Crippen LogP contribution in [0.15, 0.2) is 18.2 Å². The molecule has 120 valence electrons. The Kier molecular flexibility index (Phi) is 4.99. The zero-order chi connectivity index (χ0) is 16.5. The highest BCUT2D eigenvalue weighted by atomic mass is 35.7. The zero-order valence-corrected chi connectivity index (χ0v) is 13.9. The lowest BCUT2D eigenvalue weighted by molar-refractivity contribution is -0.117. The number of carbonyl (C=O) groups is 2. The Balaban J connectivity index is 2.20. The molecular formula is C13H13Cl2NO5S. The number of nitrogens with zero attached hydrogens (tertiary/aromatic N) is 1. The molecule has 6 nitrogen and oxygen atoms in total. The molecule has 0 spiro atoms. The van der Waals surface area contributed by atoms with E-state index in [1.54, 1.807) is 6.07 Å². The van der Waals surface area contributed by atoms with Crippen LogP contribution in [-0.4, -0.2) is 39.7 Å². The van der Waals surface area contributed by atoms with E-state index in [0.717, 1.165) is 0 Å². The van der Waals surface area contributed by atoms with Crippen LogP contribution >= 0.6 is 22.3 Å². The van der Waals surface area contributed by atoms with Crippen molar-refractivity contribution >= 4 is 48.9 Å². The Labute approximate surface area is 137 Å². The van der Waals surface area contributed by atoms with Gasteiger partial charge in [-0.1, -0.05) is 11.6 Å². The average molecular weight is 366 g/mol. The molecule has 1 heterocycles. The van der Waals surface area contributed by atoms with Gasteiger partial charge < -0.3 is 9.64 Å². The minimum Gasteiger partial charge on any atom is -0.465 e. The number of methoxy groups -OCH3 is 1. The summed E-state index contributed by atoms with van der Waals surface area (Å²) in [5.74, 6) is -1.42. The minimum atomic E-state index is -3.66. The molecule has 1 amide bonds. The molecule has 1 saturated heterocycles. The van der Waals surface area contributed by atoms with Crippen LogP contribution in [0.4, 0.5) is 5.69 Å². The topological polar surface area (TPSA) is 80.8 Å². The second-order valence-corrected chi connectivity index (χ2v) is 8.16. The molecule has 1 atom stereocenters. The van der Waals surface area contributed by atoms with Gasteiger partial charge in [0.05, 0.1) is 23.4 Å². The van der Waals surface area contributed by atoms with Crippen LogP contribution in [0, 0.1) is 5.92 Å². The van der Waals surface area contributed by atoms with E-state index in [-0.39, 0.29) is 41.1 Å². The summed E-state index contributed by atoms with van der Waals surface area (Å²) in [4.78, 5) is 24.9. The maximum absolute atomic E-state index is 12.0. The number of rotatable bonds is 4. The number of ether oxygens (including phenoxy) is 1. The maximum atomic E-state index is 12.0. The molecular weight excluding hydrogens is 353 g/mol. The second-order valence-electron chi connectivity index (χ2n) is 4.94. The molecule has 0 bridgehead atoms. The first-order valence-corrected chi connectivity index (χ1v) is 9.17. The number of benzene rings is 1. The molecule has 2 rings (SSSR count). The Hall–Kier alpha value is -1.31. The highest BCUT2D eigenvalue weighted by Crippen LogP contribution is 2.30. The molecule has 0 radical (unpaired) electrons. The van der Waals surface area contributed by atoms with Crippen molar-refractivity contribution in [3.8, 4) is 0 Å². The lowest BCUT2D eigenvalue weighted by Gasteiger charge is -2.17. The third-order valence-corrected chi connectivity index (χ3v) is 4.87. The van der Waals surface area contributed by atoms with Gasteiger partial charge in [0.1, 0.15) is 0 Å². The summed E-state index contributed by atoms with van der Waals surface area (Å²) >= 11 is 6.02. The number of esters is 1. The number of hydrogen-bond acceptors (Lipinski definition) is 5. The minimum absolute atomic E-state index is 0.0995. The monoisotopic (exact) mass is 365 g/mol. The first-order chi connectivity index (χ1) is 10.2. The molecule has 0 aliphatic carbocycles. The lowest BCUT2D eigenvalue weighted by Crippen LogP contribution is -2.25. The van der Waals surface area contributed by atoms with Crippen molar-refractivity contribution in [2.75, 3.05) is 24.3 Å². The molecule has 1 aromatic carbocycles. The summed E-state index contributed by atoms with van der Waals surface area (Å²) in [6.45, 7) is 0.235. The molecule has 9 heteroatoms. The van der Waals surface area contributed by atoms with Gasteiger partial charge in [-0.3, -0.25) is 4.79 Å². The fourth-order valence-electron chi connectivity index (χ4n) is 2.37. The fraction of sp³-hybridized carbons (Fsp3) is 0.385. The Morgan fingerprint density at radius 2 is 2.14 bits per heavy atom. The number of halogens is 2. The van der Waals surface area contributed by atoms with Gasteiger partial charge in [-0.2, -0.15) is 0 Å². The summed E-state index contributed by atoms with van der Waals surface area (Å²) in [6, 6.07) is 4.50. The molecule has 1 aliphatic heterocycles. The van der Waals surface area contributed by atoms with E-state index in [1.165, 1.54) is 24.1 Å². The van der Waals surface area contributed by atoms with Crippen molar-refractivity contribution in [3.05, 3.63) is 28.8 Å². The second kappa shape index (κ2) is 6.44. The molecule has 0 N–H and O–H groups in total. The summed E-state index contributed by atoms with van der Waals surface area (Å²) in [5, 5.41) is 0.158. The lowest BCUT2D eigenvalue weighted by atomic mass is 10.1. The molecule has 1 aromatic rings. The van der Waals surface area contributed by atoms with Crippen LogP contribution in [0.5, 0.6) is 0 Å². The van der Waals surface area contributed by atoms with Gasteiger partial charge in [0.2, 0.25) is 15.0 Å². The predicted octanol–water partition coefficient (Wildman–Crippen LogP) is 2.05. The molecule has 0 aromatic heterocycles. The van der Waals surface area contributed by atoms with Gasteiger partial charge >= 0.3 is 5.97 Å². The highest BCUT2D eigenvalue weighted by molar-refractivity contribution is 8.13. The van der Waals surface area contributed by atoms with E-state index in [9.17, 15) is 18.0 Å². The molecule has 1 fully saturated rings. The third-order valence-electron chi connectivity index (χ3n) is 3.31. The number of hydrogen-bond donors (Lipinski definition) is 0. The van der Waals surface area contributed by atoms with Crippen LogP contribution < -0.4 is 4.90 Å². The smallest absolute Gasteiger partial charge is 0.339 e. The summed E-state index contributed by atoms with van der Waals surface area (Å²) < 4.78 is 26.8. The van der Waals surface area contributed by atoms with Gasteiger partial charge in [-0.25, -0.2) is 13.2 Å². The molecule has 22 heavy (non-hydrogen) atoms. The number of anilines is 1. The van der Waals surface area contributed by atoms with Crippen molar-refractivity contribution in [3.63, 3.8) is 0 Å². The van der Waals surface area contributed by atoms with Gasteiger partial charge in [0.15, 0.2) is 0 Å². The quantitative estimate of drug-likeness (QED) is 0.602. The van der Waals surface area contributed by atoms with E-state index in [0.29, 0.717) is 5.69 Å². The van der Waals surface area contributed by atoms with Crippen LogP contribution in [0.1, 0.15) is 16.8 Å². The van der Waals surface area contributed by atoms with Crippen molar-refractivity contribution in [1.29, 1.82) is 0 Å². The van der Waals surface area contributed by atoms with Crippen LogP contribution in [0.25, 0.3) is 0 Å². The SMILES string of the molecule is COC(=O)c1ccc(N2CC(CS(=O)(=O)Cl)CC2=O)cc1Cl. The van der Waals surface area contributed by atoms with Crippen LogP contribution in [0.2, 0.25) is 5.02 Å². The molecule has 0 saturated carbocycles. The molecule has 1 aliphatic rings.